The first kappa shape index (κ1) is 13.6. The van der Waals surface area contributed by atoms with Gasteiger partial charge < -0.3 is 5.11 Å². The van der Waals surface area contributed by atoms with Gasteiger partial charge in [0.15, 0.2) is 0 Å². The van der Waals surface area contributed by atoms with Gasteiger partial charge in [0, 0.05) is 6.42 Å². The minimum atomic E-state index is -1.04. The molecule has 0 unspecified atom stereocenters. The Bertz CT molecular complexity index is 123. The van der Waals surface area contributed by atoms with Crippen LogP contribution in [0.4, 0.5) is 0 Å². The Morgan fingerprint density at radius 1 is 1.36 bits per heavy atom. The zero-order valence-corrected chi connectivity index (χ0v) is 9.34. The molecule has 0 atom stereocenters. The van der Waals surface area contributed by atoms with Crippen LogP contribution in [-0.4, -0.2) is 16.9 Å². The van der Waals surface area contributed by atoms with E-state index in [-0.39, 0.29) is 12.2 Å². The molecule has 0 fully saturated rings. The Morgan fingerprint density at radius 2 is 1.73 bits per heavy atom. The molecule has 0 aliphatic heterocycles. The van der Waals surface area contributed by atoms with Gasteiger partial charge in [-0.05, 0) is 0 Å². The van der Waals surface area contributed by atoms with Crippen LogP contribution < -0.4 is 0 Å². The van der Waals surface area contributed by atoms with Crippen molar-refractivity contribution in [3.8, 4) is 0 Å². The van der Waals surface area contributed by atoms with E-state index in [1.165, 1.54) is 4.13 Å². The molecular formula is C7H13O3Zr. The molecule has 0 aromatic rings. The van der Waals surface area contributed by atoms with E-state index in [1.54, 1.807) is 31.6 Å². The first-order valence-corrected chi connectivity index (χ1v) is 5.20. The van der Waals surface area contributed by atoms with Crippen molar-refractivity contribution in [2.75, 3.05) is 0 Å². The summed E-state index contributed by atoms with van der Waals surface area (Å²) in [6.07, 6.45) is -0.0250. The van der Waals surface area contributed by atoms with E-state index in [0.29, 0.717) is 6.42 Å². The molecule has 0 saturated heterocycles. The van der Waals surface area contributed by atoms with Crippen molar-refractivity contribution in [1.82, 2.24) is 0 Å². The fraction of sp³-hybridized carbons (Fsp3) is 0.714. The molecule has 3 nitrogen and oxygen atoms in total. The third-order valence-corrected chi connectivity index (χ3v) is 0.743. The van der Waals surface area contributed by atoms with Gasteiger partial charge in [-0.15, -0.1) is 0 Å². The van der Waals surface area contributed by atoms with Gasteiger partial charge in [0.05, 0.1) is 0 Å². The third-order valence-electron chi connectivity index (χ3n) is 0.743. The molecule has 0 aliphatic rings. The second kappa shape index (κ2) is 10.0. The molecule has 0 saturated carbocycles. The van der Waals surface area contributed by atoms with Crippen molar-refractivity contribution in [3.63, 3.8) is 0 Å². The van der Waals surface area contributed by atoms with Crippen molar-refractivity contribution in [2.45, 2.75) is 30.8 Å². The zero-order chi connectivity index (χ0) is 9.28. The van der Waals surface area contributed by atoms with E-state index >= 15 is 0 Å². The first-order chi connectivity index (χ1) is 5.08. The van der Waals surface area contributed by atoms with Crippen LogP contribution in [0.3, 0.4) is 0 Å². The molecule has 0 bridgehead atoms. The van der Waals surface area contributed by atoms with Gasteiger partial charge in [0.2, 0.25) is 0 Å². The van der Waals surface area contributed by atoms with Crippen LogP contribution >= 0.6 is 0 Å². The second-order valence-electron chi connectivity index (χ2n) is 1.82. The van der Waals surface area contributed by atoms with Crippen molar-refractivity contribution < 1.29 is 39.4 Å². The van der Waals surface area contributed by atoms with E-state index < -0.39 is 5.97 Å². The summed E-state index contributed by atoms with van der Waals surface area (Å²) in [6.45, 7) is 3.81. The number of hydrogen-bond donors (Lipinski definition) is 1. The van der Waals surface area contributed by atoms with Crippen LogP contribution in [0.2, 0.25) is 4.13 Å². The van der Waals surface area contributed by atoms with Gasteiger partial charge in [-0.1, -0.05) is 6.92 Å². The topological polar surface area (TPSA) is 54.4 Å². The number of carbonyl (C=O) groups is 2. The first-order valence-electron chi connectivity index (χ1n) is 3.46. The molecule has 0 rings (SSSR count). The fourth-order valence-electron chi connectivity index (χ4n) is 0.294. The van der Waals surface area contributed by atoms with E-state index in [0.717, 1.165) is 0 Å². The summed E-state index contributed by atoms with van der Waals surface area (Å²) >= 11 is 1.64. The summed E-state index contributed by atoms with van der Waals surface area (Å²) in [7, 11) is 0. The van der Waals surface area contributed by atoms with Gasteiger partial charge >= 0.3 is 41.7 Å². The van der Waals surface area contributed by atoms with Crippen LogP contribution in [-0.2, 0) is 34.3 Å². The van der Waals surface area contributed by atoms with E-state index in [9.17, 15) is 9.59 Å². The number of hydrogen-bond acceptors (Lipinski definition) is 2. The van der Waals surface area contributed by atoms with E-state index in [1.807, 2.05) is 0 Å². The molecule has 0 aromatic carbocycles. The Kier molecular flexibility index (Phi) is 12.4. The SMILES string of the molecule is CCC(=O)CC(=O)O.C[CH2][Zr]. The molecule has 1 N–H and O–H groups in total. The average molecular weight is 236 g/mol. The molecule has 63 valence electrons. The number of aliphatic carboxylic acids is 1. The van der Waals surface area contributed by atoms with Crippen molar-refractivity contribution >= 4 is 11.8 Å². The van der Waals surface area contributed by atoms with E-state index in [2.05, 4.69) is 6.92 Å². The molecule has 0 aliphatic carbocycles. The maximum atomic E-state index is 10.2. The van der Waals surface area contributed by atoms with Gasteiger partial charge in [0.25, 0.3) is 0 Å². The van der Waals surface area contributed by atoms with Gasteiger partial charge in [0.1, 0.15) is 12.2 Å². The molecule has 0 amide bonds. The third kappa shape index (κ3) is 17.8. The predicted octanol–water partition coefficient (Wildman–Crippen LogP) is 1.41. The van der Waals surface area contributed by atoms with Gasteiger partial charge in [-0.3, -0.25) is 9.59 Å². The number of carboxylic acid groups (broad SMARTS) is 1. The zero-order valence-electron chi connectivity index (χ0n) is 6.89. The van der Waals surface area contributed by atoms with Crippen molar-refractivity contribution in [1.29, 1.82) is 0 Å². The fourth-order valence-corrected chi connectivity index (χ4v) is 0.294. The molecule has 0 heterocycles. The quantitative estimate of drug-likeness (QED) is 0.754. The normalized spacial score (nSPS) is 7.73. The van der Waals surface area contributed by atoms with Crippen LogP contribution in [0.25, 0.3) is 0 Å². The standard InChI is InChI=1S/C5H8O3.C2H5.Zr/c1-2-4(6)3-5(7)8;1-2;/h2-3H2,1H3,(H,7,8);1H2,2H3;. The molecule has 0 spiro atoms. The molecule has 4 heteroatoms. The number of rotatable bonds is 3. The van der Waals surface area contributed by atoms with Crippen molar-refractivity contribution in [3.05, 3.63) is 0 Å². The summed E-state index contributed by atoms with van der Waals surface area (Å²) < 4.78 is 1.34. The van der Waals surface area contributed by atoms with E-state index in [4.69, 9.17) is 5.11 Å². The van der Waals surface area contributed by atoms with Crippen LogP contribution in [0, 0.1) is 0 Å². The minimum absolute atomic E-state index is 0.225. The summed E-state index contributed by atoms with van der Waals surface area (Å²) in [5, 5.41) is 7.99. The Morgan fingerprint density at radius 3 is 1.82 bits per heavy atom. The summed E-state index contributed by atoms with van der Waals surface area (Å²) in [6, 6.07) is 0. The summed E-state index contributed by atoms with van der Waals surface area (Å²) in [5.41, 5.74) is 0. The molecule has 11 heavy (non-hydrogen) atoms. The second-order valence-corrected chi connectivity index (χ2v) is 3.55. The Labute approximate surface area is 82.0 Å². The summed E-state index contributed by atoms with van der Waals surface area (Å²) in [5.74, 6) is -1.27. The molecule has 0 aromatic heterocycles. The van der Waals surface area contributed by atoms with Crippen molar-refractivity contribution in [2.24, 2.45) is 0 Å². The van der Waals surface area contributed by atoms with Gasteiger partial charge in [-0.2, -0.15) is 0 Å². The molecular weight excluding hydrogens is 223 g/mol. The number of Topliss-reactive ketones (excluding diaryl/α,β-unsaturated/α-hetero) is 1. The monoisotopic (exact) mass is 235 g/mol. The average Bonchev–Trinajstić information content (AvgIpc) is 1.88. The van der Waals surface area contributed by atoms with Crippen LogP contribution in [0.1, 0.15) is 26.7 Å². The Hall–Kier alpha value is 0.0231. The number of carboxylic acids is 1. The predicted molar refractivity (Wildman–Crippen MR) is 38.0 cm³/mol. The van der Waals surface area contributed by atoms with Gasteiger partial charge in [-0.25, -0.2) is 0 Å². The number of carbonyl (C=O) groups excluding carboxylic acids is 1. The van der Waals surface area contributed by atoms with Crippen LogP contribution in [0.15, 0.2) is 0 Å². The van der Waals surface area contributed by atoms with Crippen LogP contribution in [0.5, 0.6) is 0 Å². The summed E-state index contributed by atoms with van der Waals surface area (Å²) in [4.78, 5) is 20.0. The Balaban J connectivity index is 0. The molecule has 0 radical (unpaired) electrons. The maximum absolute atomic E-state index is 10.2. The number of ketones is 1.